The van der Waals surface area contributed by atoms with Crippen LogP contribution in [0.3, 0.4) is 0 Å². The first-order chi connectivity index (χ1) is 31.5. The van der Waals surface area contributed by atoms with E-state index in [1.165, 1.54) is 154 Å². The summed E-state index contributed by atoms with van der Waals surface area (Å²) >= 11 is 0. The molecule has 0 heterocycles. The van der Waals surface area contributed by atoms with Crippen LogP contribution in [0.15, 0.2) is 60.8 Å². The van der Waals surface area contributed by atoms with E-state index >= 15 is 0 Å². The molecule has 0 bridgehead atoms. The Hall–Kier alpha value is -1.80. The quantitative estimate of drug-likeness (QED) is 0.0243. The van der Waals surface area contributed by atoms with Gasteiger partial charge in [-0.3, -0.25) is 13.8 Å². The van der Waals surface area contributed by atoms with E-state index in [-0.39, 0.29) is 19.1 Å². The topological polar surface area (TPSA) is 105 Å². The smallest absolute Gasteiger partial charge is 0.387 e. The Morgan fingerprint density at radius 3 is 1.35 bits per heavy atom. The van der Waals surface area contributed by atoms with Crippen molar-refractivity contribution in [3.63, 3.8) is 0 Å². The molecule has 0 aliphatic carbocycles. The van der Waals surface area contributed by atoms with Gasteiger partial charge in [-0.15, -0.1) is 0 Å². The number of likely N-dealkylation sites (N-methyl/N-ethyl adjacent to an activating group) is 1. The van der Waals surface area contributed by atoms with Gasteiger partial charge in [-0.2, -0.15) is 0 Å². The number of aliphatic hydroxyl groups excluding tert-OH is 1. The van der Waals surface area contributed by atoms with Gasteiger partial charge >= 0.3 is 7.82 Å². The van der Waals surface area contributed by atoms with Crippen molar-refractivity contribution < 1.29 is 32.9 Å². The maximum atomic E-state index is 13.0. The second-order valence-electron chi connectivity index (χ2n) is 19.6. The summed E-state index contributed by atoms with van der Waals surface area (Å²) in [7, 11) is 1.57. The van der Waals surface area contributed by atoms with Crippen LogP contribution in [0.5, 0.6) is 0 Å². The molecule has 0 rings (SSSR count). The summed E-state index contributed by atoms with van der Waals surface area (Å²) < 4.78 is 23.7. The van der Waals surface area contributed by atoms with Gasteiger partial charge in [-0.25, -0.2) is 4.57 Å². The van der Waals surface area contributed by atoms with Gasteiger partial charge in [-0.05, 0) is 57.8 Å². The number of aliphatic hydroxyl groups is 1. The average molecular weight is 934 g/mol. The summed E-state index contributed by atoms with van der Waals surface area (Å²) in [5.41, 5.74) is 0. The van der Waals surface area contributed by atoms with Gasteiger partial charge in [0.25, 0.3) is 0 Å². The van der Waals surface area contributed by atoms with Crippen LogP contribution in [0.1, 0.15) is 239 Å². The van der Waals surface area contributed by atoms with Gasteiger partial charge in [0.05, 0.1) is 39.9 Å². The third-order valence-corrected chi connectivity index (χ3v) is 13.0. The lowest BCUT2D eigenvalue weighted by molar-refractivity contribution is -0.870. The Morgan fingerprint density at radius 2 is 0.923 bits per heavy atom. The zero-order chi connectivity index (χ0) is 47.8. The third-order valence-electron chi connectivity index (χ3n) is 12.0. The lowest BCUT2D eigenvalue weighted by atomic mass is 10.0. The molecule has 0 saturated carbocycles. The second kappa shape index (κ2) is 47.3. The van der Waals surface area contributed by atoms with Gasteiger partial charge < -0.3 is 19.8 Å². The number of carbonyl (C=O) groups excluding carboxylic acids is 1. The van der Waals surface area contributed by atoms with Gasteiger partial charge in [0.2, 0.25) is 5.91 Å². The summed E-state index contributed by atoms with van der Waals surface area (Å²) in [6.07, 6.45) is 63.0. The monoisotopic (exact) mass is 934 g/mol. The third kappa shape index (κ3) is 49.9. The molecule has 65 heavy (non-hydrogen) atoms. The first-order valence-electron chi connectivity index (χ1n) is 27.2. The van der Waals surface area contributed by atoms with Crippen LogP contribution in [0.25, 0.3) is 0 Å². The molecule has 0 aromatic carbocycles. The van der Waals surface area contributed by atoms with Crippen LogP contribution in [0.4, 0.5) is 0 Å². The van der Waals surface area contributed by atoms with Crippen molar-refractivity contribution in [2.45, 2.75) is 251 Å². The van der Waals surface area contributed by atoms with E-state index < -0.39 is 20.0 Å². The molecule has 0 aromatic rings. The van der Waals surface area contributed by atoms with Gasteiger partial charge in [0, 0.05) is 6.42 Å². The molecule has 9 heteroatoms. The highest BCUT2D eigenvalue weighted by Crippen LogP contribution is 2.43. The molecule has 0 aliphatic heterocycles. The van der Waals surface area contributed by atoms with Crippen LogP contribution in [-0.4, -0.2) is 73.4 Å². The average Bonchev–Trinajstić information content (AvgIpc) is 3.26. The molecule has 0 saturated heterocycles. The van der Waals surface area contributed by atoms with Crippen LogP contribution in [0, 0.1) is 0 Å². The van der Waals surface area contributed by atoms with Crippen molar-refractivity contribution in [1.29, 1.82) is 0 Å². The van der Waals surface area contributed by atoms with Gasteiger partial charge in [0.1, 0.15) is 13.2 Å². The Morgan fingerprint density at radius 1 is 0.538 bits per heavy atom. The van der Waals surface area contributed by atoms with Crippen molar-refractivity contribution in [2.24, 2.45) is 0 Å². The Balaban J connectivity index is 4.25. The van der Waals surface area contributed by atoms with Crippen molar-refractivity contribution >= 4 is 13.7 Å². The number of amides is 1. The molecule has 0 radical (unpaired) electrons. The first-order valence-corrected chi connectivity index (χ1v) is 28.7. The number of nitrogens with one attached hydrogen (secondary N) is 1. The van der Waals surface area contributed by atoms with E-state index in [0.29, 0.717) is 17.4 Å². The van der Waals surface area contributed by atoms with Crippen LogP contribution in [-0.2, 0) is 18.4 Å². The molecule has 3 atom stereocenters. The van der Waals surface area contributed by atoms with Crippen molar-refractivity contribution in [3.05, 3.63) is 60.8 Å². The molecule has 0 aliphatic rings. The minimum atomic E-state index is -4.35. The highest BCUT2D eigenvalue weighted by atomic mass is 31.2. The minimum Gasteiger partial charge on any atom is -0.387 e. The van der Waals surface area contributed by atoms with Crippen molar-refractivity contribution in [1.82, 2.24) is 5.32 Å². The zero-order valence-electron chi connectivity index (χ0n) is 43.2. The molecule has 3 unspecified atom stereocenters. The molecule has 380 valence electrons. The number of phosphoric acid groups is 1. The number of carbonyl (C=O) groups is 1. The van der Waals surface area contributed by atoms with Crippen molar-refractivity contribution in [2.75, 3.05) is 40.9 Å². The molecule has 0 fully saturated rings. The van der Waals surface area contributed by atoms with Crippen LogP contribution < -0.4 is 5.32 Å². The lowest BCUT2D eigenvalue weighted by Crippen LogP contribution is -2.45. The molecule has 3 N–H and O–H groups in total. The fraction of sp³-hybridized carbons (Fsp3) is 0.804. The zero-order valence-corrected chi connectivity index (χ0v) is 44.1. The standard InChI is InChI=1S/C56H105N2O6P/c1-6-8-10-12-14-16-18-20-22-24-26-27-28-29-30-31-32-34-36-38-40-42-44-46-48-50-56(60)57-54(53-64-65(61,62)63-52-51-58(3,4)5)55(59)49-47-45-43-41-39-37-35-33-25-23-21-19-17-15-13-11-9-7-2/h8,10,14,16,20,22,26-27,47,49,54-55,59H,6-7,9,11-13,15,17-19,21,23-25,28-46,48,50-53H2,1-5H3,(H-,57,60,61,62)/p+1/b10-8-,16-14-,22-20-,27-26-,49-47+. The summed E-state index contributed by atoms with van der Waals surface area (Å²) in [6, 6.07) is -0.850. The second-order valence-corrected chi connectivity index (χ2v) is 21.0. The summed E-state index contributed by atoms with van der Waals surface area (Å²) in [4.78, 5) is 23.3. The SMILES string of the molecule is CC/C=C\C/C=C\C/C=C\C/C=C\CCCCCCCCCCCCCCC(=O)NC(COP(=O)(O)OCC[N+](C)(C)C)C(O)/C=C/CCCCCCCCCCCCCCCCCC. The molecular weight excluding hydrogens is 828 g/mol. The minimum absolute atomic E-state index is 0.0598. The highest BCUT2D eigenvalue weighted by molar-refractivity contribution is 7.47. The van der Waals surface area contributed by atoms with E-state index in [1.807, 2.05) is 27.2 Å². The number of hydrogen-bond donors (Lipinski definition) is 3. The molecule has 0 aromatic heterocycles. The number of allylic oxidation sites excluding steroid dienone is 9. The number of unbranched alkanes of at least 4 members (excludes halogenated alkanes) is 28. The molecule has 1 amide bonds. The maximum absolute atomic E-state index is 13.0. The maximum Gasteiger partial charge on any atom is 0.472 e. The molecular formula is C56H106N2O6P+. The van der Waals surface area contributed by atoms with E-state index in [9.17, 15) is 19.4 Å². The molecule has 0 spiro atoms. The number of nitrogens with zero attached hydrogens (tertiary/aromatic N) is 1. The van der Waals surface area contributed by atoms with E-state index in [1.54, 1.807) is 6.08 Å². The first kappa shape index (κ1) is 63.2. The fourth-order valence-corrected chi connectivity index (χ4v) is 8.48. The van der Waals surface area contributed by atoms with Crippen LogP contribution >= 0.6 is 7.82 Å². The van der Waals surface area contributed by atoms with E-state index in [4.69, 9.17) is 9.05 Å². The van der Waals surface area contributed by atoms with E-state index in [2.05, 4.69) is 67.8 Å². The fourth-order valence-electron chi connectivity index (χ4n) is 7.74. The number of quaternary nitrogens is 1. The number of hydrogen-bond acceptors (Lipinski definition) is 5. The predicted molar refractivity (Wildman–Crippen MR) is 281 cm³/mol. The van der Waals surface area contributed by atoms with E-state index in [0.717, 1.165) is 64.2 Å². The Kier molecular flexibility index (Phi) is 46.0. The van der Waals surface area contributed by atoms with Gasteiger partial charge in [-0.1, -0.05) is 235 Å². The Labute approximate surface area is 402 Å². The summed E-state index contributed by atoms with van der Waals surface area (Å²) in [5.74, 6) is -0.180. The summed E-state index contributed by atoms with van der Waals surface area (Å²) in [5, 5.41) is 13.9. The van der Waals surface area contributed by atoms with Crippen LogP contribution in [0.2, 0.25) is 0 Å². The molecule has 8 nitrogen and oxygen atoms in total. The predicted octanol–water partition coefficient (Wildman–Crippen LogP) is 16.1. The van der Waals surface area contributed by atoms with Gasteiger partial charge in [0.15, 0.2) is 0 Å². The lowest BCUT2D eigenvalue weighted by Gasteiger charge is -2.25. The normalized spacial score (nSPS) is 14.5. The Bertz CT molecular complexity index is 1240. The van der Waals surface area contributed by atoms with Crippen molar-refractivity contribution in [3.8, 4) is 0 Å². The largest absolute Gasteiger partial charge is 0.472 e. The number of rotatable bonds is 49. The highest BCUT2D eigenvalue weighted by Gasteiger charge is 2.27. The number of phosphoric ester groups is 1. The summed E-state index contributed by atoms with van der Waals surface area (Å²) in [6.45, 7) is 4.72.